The van der Waals surface area contributed by atoms with Crippen molar-refractivity contribution >= 4 is 15.9 Å². The Balaban J connectivity index is 1.42. The van der Waals surface area contributed by atoms with Gasteiger partial charge in [0.25, 0.3) is 15.9 Å². The molecule has 4 atom stereocenters. The molecule has 0 unspecified atom stereocenters. The third-order valence-electron chi connectivity index (χ3n) is 8.39. The van der Waals surface area contributed by atoms with E-state index in [1.807, 2.05) is 54.6 Å². The van der Waals surface area contributed by atoms with Crippen molar-refractivity contribution in [2.45, 2.75) is 68.1 Å². The van der Waals surface area contributed by atoms with E-state index in [9.17, 15) is 23.4 Å². The Morgan fingerprint density at radius 3 is 2.44 bits per heavy atom. The van der Waals surface area contributed by atoms with Crippen LogP contribution in [-0.2, 0) is 16.4 Å². The Kier molecular flexibility index (Phi) is 12.3. The van der Waals surface area contributed by atoms with Gasteiger partial charge in [-0.2, -0.15) is 0 Å². The lowest BCUT2D eigenvalue weighted by molar-refractivity contribution is 0.0724. The summed E-state index contributed by atoms with van der Waals surface area (Å²) < 4.78 is 27.2. The molecule has 0 spiro atoms. The first-order valence-electron chi connectivity index (χ1n) is 15.6. The number of hydrogen-bond acceptors (Lipinski definition) is 7. The highest BCUT2D eigenvalue weighted by molar-refractivity contribution is 7.89. The maximum atomic E-state index is 13.3. The van der Waals surface area contributed by atoms with Crippen LogP contribution in [0, 0.1) is 5.92 Å². The number of nitrogens with one attached hydrogen (secondary N) is 1. The van der Waals surface area contributed by atoms with Crippen molar-refractivity contribution < 1.29 is 23.4 Å². The number of likely N-dealkylation sites (tertiary alicyclic amines) is 1. The summed E-state index contributed by atoms with van der Waals surface area (Å²) in [6, 6.07) is 15.2. The number of carbonyl (C=O) groups excluding carboxylic acids is 1. The van der Waals surface area contributed by atoms with E-state index in [0.717, 1.165) is 30.4 Å². The molecule has 45 heavy (non-hydrogen) atoms. The van der Waals surface area contributed by atoms with Crippen LogP contribution in [0.5, 0.6) is 0 Å². The van der Waals surface area contributed by atoms with Gasteiger partial charge in [0.2, 0.25) is 0 Å². The first-order valence-corrected chi connectivity index (χ1v) is 17.0. The fourth-order valence-electron chi connectivity index (χ4n) is 5.78. The molecule has 1 amide bonds. The highest BCUT2D eigenvalue weighted by atomic mass is 32.2. The Hall–Kier alpha value is -3.54. The fraction of sp³-hybridized carbons (Fsp3) is 0.400. The Morgan fingerprint density at radius 1 is 1.07 bits per heavy atom. The topological polar surface area (TPSA) is 136 Å². The number of amides is 1. The lowest BCUT2D eigenvalue weighted by atomic mass is 9.90. The first-order chi connectivity index (χ1) is 21.5. The number of allylic oxidation sites excluding steroid dienone is 4. The largest absolute Gasteiger partial charge is 0.392 e. The van der Waals surface area contributed by atoms with E-state index in [0.29, 0.717) is 48.0 Å². The van der Waals surface area contributed by atoms with Crippen molar-refractivity contribution in [2.24, 2.45) is 11.8 Å². The van der Waals surface area contributed by atoms with Gasteiger partial charge in [-0.3, -0.25) is 10.6 Å². The van der Waals surface area contributed by atoms with Gasteiger partial charge in [-0.1, -0.05) is 73.4 Å². The fourth-order valence-corrected chi connectivity index (χ4v) is 6.90. The van der Waals surface area contributed by atoms with E-state index in [-0.39, 0.29) is 35.7 Å². The third kappa shape index (κ3) is 9.72. The molecule has 1 aliphatic carbocycles. The minimum atomic E-state index is -4.13. The van der Waals surface area contributed by atoms with E-state index >= 15 is 0 Å². The molecule has 1 saturated heterocycles. The SMILES string of the molecule is C=C1/C=C\C=C/C[C@H](NC(=C)[C@H](Cc2ccccc2)C[C@H](O)CN(N)S(=O)(=O)c2ccc(C(=O)N3CCCCC3)cc2)[C@H](O)C1. The summed E-state index contributed by atoms with van der Waals surface area (Å²) in [7, 11) is -4.13. The zero-order valence-corrected chi connectivity index (χ0v) is 26.6. The molecule has 2 aromatic carbocycles. The maximum absolute atomic E-state index is 13.3. The molecular formula is C35H46N4O5S. The van der Waals surface area contributed by atoms with E-state index in [1.165, 1.54) is 24.3 Å². The number of carbonyl (C=O) groups is 1. The Morgan fingerprint density at radius 2 is 1.76 bits per heavy atom. The molecule has 0 saturated carbocycles. The van der Waals surface area contributed by atoms with Gasteiger partial charge in [-0.25, -0.2) is 8.42 Å². The molecule has 1 aliphatic heterocycles. The maximum Gasteiger partial charge on any atom is 0.255 e. The third-order valence-corrected chi connectivity index (χ3v) is 10.0. The van der Waals surface area contributed by atoms with Gasteiger partial charge in [0.05, 0.1) is 29.7 Å². The number of piperidine rings is 1. The van der Waals surface area contributed by atoms with Gasteiger partial charge >= 0.3 is 0 Å². The van der Waals surface area contributed by atoms with Crippen LogP contribution < -0.4 is 11.2 Å². The smallest absolute Gasteiger partial charge is 0.255 e. The second kappa shape index (κ2) is 16.1. The molecule has 1 fully saturated rings. The number of nitrogens with zero attached hydrogens (tertiary/aromatic N) is 2. The monoisotopic (exact) mass is 634 g/mol. The van der Waals surface area contributed by atoms with Crippen molar-refractivity contribution in [3.8, 4) is 0 Å². The van der Waals surface area contributed by atoms with Crippen LogP contribution >= 0.6 is 0 Å². The van der Waals surface area contributed by atoms with Crippen LogP contribution in [0.2, 0.25) is 0 Å². The lowest BCUT2D eigenvalue weighted by Crippen LogP contribution is -2.44. The summed E-state index contributed by atoms with van der Waals surface area (Å²) in [5.41, 5.74) is 2.90. The Labute approximate surface area is 267 Å². The predicted molar refractivity (Wildman–Crippen MR) is 177 cm³/mol. The zero-order valence-electron chi connectivity index (χ0n) is 25.8. The average molecular weight is 635 g/mol. The number of sulfonamides is 1. The molecule has 0 radical (unpaired) electrons. The molecule has 2 aromatic rings. The van der Waals surface area contributed by atoms with Crippen molar-refractivity contribution in [1.82, 2.24) is 14.6 Å². The highest BCUT2D eigenvalue weighted by Gasteiger charge is 2.28. The molecule has 4 rings (SSSR count). The van der Waals surface area contributed by atoms with Crippen LogP contribution in [0.15, 0.2) is 108 Å². The molecular weight excluding hydrogens is 588 g/mol. The van der Waals surface area contributed by atoms with Crippen molar-refractivity contribution in [1.29, 1.82) is 0 Å². The summed E-state index contributed by atoms with van der Waals surface area (Å²) in [6.07, 6.45) is 10.6. The van der Waals surface area contributed by atoms with Gasteiger partial charge < -0.3 is 20.4 Å². The van der Waals surface area contributed by atoms with Gasteiger partial charge in [0.1, 0.15) is 0 Å². The first kappa shape index (κ1) is 34.3. The number of nitrogens with two attached hydrogens (primary N) is 1. The summed E-state index contributed by atoms with van der Waals surface area (Å²) in [5.74, 6) is 5.65. The van der Waals surface area contributed by atoms with Gasteiger partial charge in [-0.05, 0) is 74.8 Å². The second-order valence-electron chi connectivity index (χ2n) is 12.0. The highest BCUT2D eigenvalue weighted by Crippen LogP contribution is 2.24. The standard InChI is InChI=1S/C35H46N4O5S/c1-26-12-6-3-9-15-33(34(41)22-26)37-27(2)30(23-28-13-7-4-8-14-28)24-31(40)25-39(36)45(43,44)32-18-16-29(17-19-32)35(42)38-20-10-5-11-21-38/h3-4,6-9,12-14,16-19,30-31,33-34,37,40-41H,1-2,5,10-11,15,20-25,36H2/b9-3-,12-6-/t30-,31+,33+,34-/m1/s1. The normalized spacial score (nSPS) is 22.0. The second-order valence-corrected chi connectivity index (χ2v) is 13.8. The van der Waals surface area contributed by atoms with Crippen molar-refractivity contribution in [3.63, 3.8) is 0 Å². The minimum Gasteiger partial charge on any atom is -0.392 e. The number of aliphatic hydroxyl groups excluding tert-OH is 2. The average Bonchev–Trinajstić information content (AvgIpc) is 3.11. The summed E-state index contributed by atoms with van der Waals surface area (Å²) in [6.45, 7) is 9.34. The van der Waals surface area contributed by atoms with E-state index < -0.39 is 22.2 Å². The molecule has 9 nitrogen and oxygen atoms in total. The molecule has 2 aliphatic rings. The molecule has 10 heteroatoms. The lowest BCUT2D eigenvalue weighted by Gasteiger charge is -2.30. The van der Waals surface area contributed by atoms with Crippen molar-refractivity contribution in [3.05, 3.63) is 114 Å². The zero-order chi connectivity index (χ0) is 32.4. The van der Waals surface area contributed by atoms with Crippen LogP contribution in [0.3, 0.4) is 0 Å². The van der Waals surface area contributed by atoms with Gasteiger partial charge in [-0.15, -0.1) is 4.41 Å². The number of benzene rings is 2. The number of rotatable bonds is 12. The Bertz CT molecular complexity index is 1470. The van der Waals surface area contributed by atoms with Gasteiger partial charge in [0, 0.05) is 30.3 Å². The van der Waals surface area contributed by atoms with Crippen molar-refractivity contribution in [2.75, 3.05) is 19.6 Å². The molecule has 0 bridgehead atoms. The summed E-state index contributed by atoms with van der Waals surface area (Å²) in [5, 5.41) is 25.4. The van der Waals surface area contributed by atoms with E-state index in [4.69, 9.17) is 5.84 Å². The number of hydrogen-bond donors (Lipinski definition) is 4. The van der Waals surface area contributed by atoms with E-state index in [2.05, 4.69) is 18.5 Å². The van der Waals surface area contributed by atoms with Crippen LogP contribution in [0.25, 0.3) is 0 Å². The molecule has 5 N–H and O–H groups in total. The quantitative estimate of drug-likeness (QED) is 0.204. The number of hydrazine groups is 1. The van der Waals surface area contributed by atoms with Gasteiger partial charge in [0.15, 0.2) is 0 Å². The molecule has 242 valence electrons. The minimum absolute atomic E-state index is 0.0578. The van der Waals surface area contributed by atoms with Crippen LogP contribution in [0.4, 0.5) is 0 Å². The molecule has 0 aromatic heterocycles. The predicted octanol–water partition coefficient (Wildman–Crippen LogP) is 4.08. The summed E-state index contributed by atoms with van der Waals surface area (Å²) in [4.78, 5) is 14.5. The van der Waals surface area contributed by atoms with Crippen LogP contribution in [-0.4, -0.2) is 71.7 Å². The van der Waals surface area contributed by atoms with E-state index in [1.54, 1.807) is 4.90 Å². The summed E-state index contributed by atoms with van der Waals surface area (Å²) >= 11 is 0. The number of aliphatic hydroxyl groups is 2. The van der Waals surface area contributed by atoms with Crippen LogP contribution in [0.1, 0.15) is 54.4 Å². The molecule has 1 heterocycles.